The Morgan fingerprint density at radius 2 is 0.631 bits per heavy atom. The molecule has 0 atom stereocenters. The van der Waals surface area contributed by atoms with Crippen LogP contribution in [0.3, 0.4) is 0 Å². The fourth-order valence-corrected chi connectivity index (χ4v) is 12.7. The number of hydrogen-bond donors (Lipinski definition) is 0. The fourth-order valence-electron chi connectivity index (χ4n) is 10.1. The van der Waals surface area contributed by atoms with Gasteiger partial charge in [-0.05, 0) is 0 Å². The molecular weight excluding hydrogens is 854 g/mol. The van der Waals surface area contributed by atoms with Gasteiger partial charge < -0.3 is 0 Å². The minimum atomic E-state index is 0.0527. The molecule has 0 spiro atoms. The summed E-state index contributed by atoms with van der Waals surface area (Å²) in [6, 6.07) is 81.0. The van der Waals surface area contributed by atoms with Crippen molar-refractivity contribution in [2.45, 2.75) is 0 Å². The Morgan fingerprint density at radius 3 is 1.12 bits per heavy atom. The third kappa shape index (κ3) is 6.14. The molecule has 0 fully saturated rings. The Morgan fingerprint density at radius 1 is 0.246 bits per heavy atom. The van der Waals surface area contributed by atoms with E-state index in [1.165, 1.54) is 85.0 Å². The van der Waals surface area contributed by atoms with Crippen molar-refractivity contribution in [1.82, 2.24) is 15.0 Å². The summed E-state index contributed by atoms with van der Waals surface area (Å²) >= 11 is 0.0527. The average molecular weight is 891 g/mol. The van der Waals surface area contributed by atoms with E-state index in [0.29, 0.717) is 17.5 Å². The molecule has 0 bridgehead atoms. The summed E-state index contributed by atoms with van der Waals surface area (Å²) < 4.78 is 2.83. The summed E-state index contributed by atoms with van der Waals surface area (Å²) in [6.45, 7) is 0. The molecule has 65 heavy (non-hydrogen) atoms. The number of fused-ring (bicyclic) bond motifs is 7. The molecule has 0 aliphatic carbocycles. The molecule has 0 aliphatic rings. The molecule has 4 heteroatoms. The van der Waals surface area contributed by atoms with Crippen molar-refractivity contribution in [3.63, 3.8) is 0 Å². The first kappa shape index (κ1) is 37.5. The van der Waals surface area contributed by atoms with Crippen molar-refractivity contribution in [3.05, 3.63) is 224 Å². The minimum absolute atomic E-state index is 0.0527. The van der Waals surface area contributed by atoms with Gasteiger partial charge in [-0.15, -0.1) is 0 Å². The van der Waals surface area contributed by atoms with E-state index in [-0.39, 0.29) is 14.5 Å². The zero-order valence-corrected chi connectivity index (χ0v) is 36.8. The van der Waals surface area contributed by atoms with E-state index in [1.54, 1.807) is 0 Å². The van der Waals surface area contributed by atoms with Gasteiger partial charge in [0.25, 0.3) is 0 Å². The number of nitrogens with zero attached hydrogens (tertiary/aromatic N) is 3. The van der Waals surface area contributed by atoms with E-state index >= 15 is 0 Å². The van der Waals surface area contributed by atoms with Gasteiger partial charge in [-0.2, -0.15) is 0 Å². The molecular formula is C61H37N3Se. The molecule has 0 amide bonds. The van der Waals surface area contributed by atoms with Crippen LogP contribution in [0.25, 0.3) is 130 Å². The van der Waals surface area contributed by atoms with Gasteiger partial charge in [-0.1, -0.05) is 12.1 Å². The predicted molar refractivity (Wildman–Crippen MR) is 274 cm³/mol. The monoisotopic (exact) mass is 891 g/mol. The maximum atomic E-state index is 5.26. The Balaban J connectivity index is 1.04. The topological polar surface area (TPSA) is 38.7 Å². The summed E-state index contributed by atoms with van der Waals surface area (Å²) in [4.78, 5) is 15.6. The molecule has 302 valence electrons. The summed E-state index contributed by atoms with van der Waals surface area (Å²) in [5, 5.41) is 12.4. The van der Waals surface area contributed by atoms with Crippen molar-refractivity contribution >= 4 is 76.9 Å². The van der Waals surface area contributed by atoms with Gasteiger partial charge in [0.1, 0.15) is 0 Å². The van der Waals surface area contributed by atoms with Crippen molar-refractivity contribution in [1.29, 1.82) is 0 Å². The molecule has 0 aliphatic heterocycles. The molecule has 0 unspecified atom stereocenters. The fraction of sp³-hybridized carbons (Fsp3) is 0. The van der Waals surface area contributed by atoms with Crippen molar-refractivity contribution < 1.29 is 0 Å². The van der Waals surface area contributed by atoms with Crippen LogP contribution in [-0.2, 0) is 0 Å². The Labute approximate surface area is 381 Å². The summed E-state index contributed by atoms with van der Waals surface area (Å²) in [6.07, 6.45) is 0. The Kier molecular flexibility index (Phi) is 8.87. The van der Waals surface area contributed by atoms with Crippen molar-refractivity contribution in [2.24, 2.45) is 0 Å². The van der Waals surface area contributed by atoms with Crippen LogP contribution in [0.2, 0.25) is 0 Å². The van der Waals surface area contributed by atoms with Gasteiger partial charge in [-0.25, -0.2) is 0 Å². The van der Waals surface area contributed by atoms with Crippen LogP contribution >= 0.6 is 0 Å². The van der Waals surface area contributed by atoms with E-state index < -0.39 is 0 Å². The molecule has 0 N–H and O–H groups in total. The number of benzene rings is 11. The SMILES string of the molecule is c1ccc(-c2nc(-c3ccccc3)nc(-c3c4ccccc4c(-c4cccc5c4[se]c4cc(-c6c7ccccc7c(-c7ccccc7)c7ccccc67)ccc45)c4ccccc34)n2)cc1. The summed E-state index contributed by atoms with van der Waals surface area (Å²) in [5.74, 6) is 1.97. The first-order chi connectivity index (χ1) is 32.3. The van der Waals surface area contributed by atoms with Crippen molar-refractivity contribution in [3.8, 4) is 67.5 Å². The molecule has 2 aromatic heterocycles. The predicted octanol–water partition coefficient (Wildman–Crippen LogP) is 15.8. The zero-order chi connectivity index (χ0) is 42.8. The van der Waals surface area contributed by atoms with E-state index in [9.17, 15) is 0 Å². The van der Waals surface area contributed by atoms with Crippen LogP contribution in [-0.4, -0.2) is 29.5 Å². The number of rotatable bonds is 6. The molecule has 11 aromatic carbocycles. The van der Waals surface area contributed by atoms with Crippen molar-refractivity contribution in [2.75, 3.05) is 0 Å². The third-order valence-electron chi connectivity index (χ3n) is 12.9. The zero-order valence-electron chi connectivity index (χ0n) is 35.1. The first-order valence-electron chi connectivity index (χ1n) is 22.0. The van der Waals surface area contributed by atoms with E-state index in [4.69, 9.17) is 15.0 Å². The Bertz CT molecular complexity index is 3820. The van der Waals surface area contributed by atoms with Crippen LogP contribution in [0, 0.1) is 0 Å². The normalized spacial score (nSPS) is 11.7. The molecule has 0 saturated carbocycles. The number of aromatic nitrogens is 3. The van der Waals surface area contributed by atoms with Gasteiger partial charge in [0, 0.05) is 0 Å². The van der Waals surface area contributed by atoms with Crippen LogP contribution in [0.15, 0.2) is 224 Å². The second kappa shape index (κ2) is 15.4. The molecule has 2 heterocycles. The molecule has 0 saturated heterocycles. The van der Waals surface area contributed by atoms with Gasteiger partial charge in [0.05, 0.1) is 0 Å². The van der Waals surface area contributed by atoms with Crippen LogP contribution in [0.5, 0.6) is 0 Å². The standard InChI is InChI=1S/C61H37N3Se/c1-4-19-38(20-5-1)54-43-25-10-12-27-45(43)55(46-28-13-11-26-44(46)54)41-35-36-42-51-33-18-34-52(58(51)65-53(42)37-41)56-47-29-14-16-31-49(47)57(50-32-17-15-30-48(50)56)61-63-59(39-21-6-2-7-22-39)62-60(64-61)40-23-8-3-9-24-40/h1-37H. The van der Waals surface area contributed by atoms with Gasteiger partial charge in [-0.3, -0.25) is 0 Å². The van der Waals surface area contributed by atoms with Crippen LogP contribution < -0.4 is 0 Å². The van der Waals surface area contributed by atoms with Gasteiger partial charge >= 0.3 is 372 Å². The third-order valence-corrected chi connectivity index (χ3v) is 15.4. The van der Waals surface area contributed by atoms with E-state index in [2.05, 4.69) is 188 Å². The first-order valence-corrected chi connectivity index (χ1v) is 23.7. The van der Waals surface area contributed by atoms with E-state index in [0.717, 1.165) is 27.5 Å². The number of hydrogen-bond acceptors (Lipinski definition) is 3. The van der Waals surface area contributed by atoms with Gasteiger partial charge in [0.2, 0.25) is 0 Å². The summed E-state index contributed by atoms with van der Waals surface area (Å²) in [7, 11) is 0. The van der Waals surface area contributed by atoms with Gasteiger partial charge in [0.15, 0.2) is 0 Å². The quantitative estimate of drug-likeness (QED) is 0.123. The average Bonchev–Trinajstić information content (AvgIpc) is 3.76. The second-order valence-corrected chi connectivity index (χ2v) is 18.8. The van der Waals surface area contributed by atoms with E-state index in [1.807, 2.05) is 36.4 Å². The molecule has 13 aromatic rings. The maximum absolute atomic E-state index is 5.26. The molecule has 13 rings (SSSR count). The second-order valence-electron chi connectivity index (χ2n) is 16.6. The van der Waals surface area contributed by atoms with Crippen LogP contribution in [0.1, 0.15) is 0 Å². The van der Waals surface area contributed by atoms with Crippen LogP contribution in [0.4, 0.5) is 0 Å². The Hall–Kier alpha value is -8.01. The molecule has 0 radical (unpaired) electrons. The molecule has 3 nitrogen and oxygen atoms in total. The summed E-state index contributed by atoms with van der Waals surface area (Å²) in [5.41, 5.74) is 10.5.